The molecule has 26 heavy (non-hydrogen) atoms. The van der Waals surface area contributed by atoms with Crippen LogP contribution in [0.25, 0.3) is 0 Å². The molecule has 2 rings (SSSR count). The van der Waals surface area contributed by atoms with E-state index in [0.29, 0.717) is 11.3 Å². The van der Waals surface area contributed by atoms with E-state index in [9.17, 15) is 19.7 Å². The van der Waals surface area contributed by atoms with E-state index in [1.165, 1.54) is 18.2 Å². The number of benzene rings is 2. The third-order valence-corrected chi connectivity index (χ3v) is 3.27. The molecule has 0 radical (unpaired) electrons. The monoisotopic (exact) mass is 357 g/mol. The second-order valence-corrected chi connectivity index (χ2v) is 5.77. The van der Waals surface area contributed by atoms with Crippen molar-refractivity contribution in [2.75, 3.05) is 11.9 Å². The van der Waals surface area contributed by atoms with Gasteiger partial charge in [0.05, 0.1) is 4.92 Å². The largest absolute Gasteiger partial charge is 0.477 e. The molecule has 0 unspecified atom stereocenters. The van der Waals surface area contributed by atoms with E-state index in [2.05, 4.69) is 10.6 Å². The number of nitro benzene ring substituents is 1. The van der Waals surface area contributed by atoms with Crippen molar-refractivity contribution in [1.29, 1.82) is 0 Å². The zero-order valence-corrected chi connectivity index (χ0v) is 14.4. The summed E-state index contributed by atoms with van der Waals surface area (Å²) in [7, 11) is 0. The third kappa shape index (κ3) is 5.30. The van der Waals surface area contributed by atoms with Crippen LogP contribution >= 0.6 is 0 Å². The Kier molecular flexibility index (Phi) is 6.26. The molecular weight excluding hydrogens is 338 g/mol. The minimum atomic E-state index is -0.575. The summed E-state index contributed by atoms with van der Waals surface area (Å²) < 4.78 is 5.22. The molecule has 0 aromatic heterocycles. The van der Waals surface area contributed by atoms with E-state index >= 15 is 0 Å². The summed E-state index contributed by atoms with van der Waals surface area (Å²) in [4.78, 5) is 34.1. The number of nitrogens with zero attached hydrogens (tertiary/aromatic N) is 1. The summed E-state index contributed by atoms with van der Waals surface area (Å²) in [6.07, 6.45) is 0. The third-order valence-electron chi connectivity index (χ3n) is 3.27. The van der Waals surface area contributed by atoms with Crippen LogP contribution < -0.4 is 15.4 Å². The van der Waals surface area contributed by atoms with Gasteiger partial charge < -0.3 is 15.4 Å². The Labute approximate surface area is 150 Å². The molecule has 2 aromatic rings. The molecule has 2 aromatic carbocycles. The highest BCUT2D eigenvalue weighted by molar-refractivity contribution is 5.96. The second-order valence-electron chi connectivity index (χ2n) is 5.77. The molecule has 2 amide bonds. The molecule has 136 valence electrons. The van der Waals surface area contributed by atoms with Crippen LogP contribution in [-0.4, -0.2) is 29.4 Å². The fourth-order valence-corrected chi connectivity index (χ4v) is 2.12. The van der Waals surface area contributed by atoms with E-state index in [4.69, 9.17) is 4.74 Å². The van der Waals surface area contributed by atoms with Crippen LogP contribution in [0.4, 0.5) is 11.4 Å². The van der Waals surface area contributed by atoms with Gasteiger partial charge in [-0.05, 0) is 44.2 Å². The molecule has 0 saturated carbocycles. The molecule has 0 saturated heterocycles. The van der Waals surface area contributed by atoms with E-state index < -0.39 is 10.8 Å². The molecule has 0 atom stereocenters. The summed E-state index contributed by atoms with van der Waals surface area (Å²) in [5.41, 5.74) is 0.760. The van der Waals surface area contributed by atoms with Crippen LogP contribution in [0.2, 0.25) is 0 Å². The fraction of sp³-hybridized carbons (Fsp3) is 0.222. The lowest BCUT2D eigenvalue weighted by molar-refractivity contribution is -0.385. The van der Waals surface area contributed by atoms with Gasteiger partial charge in [-0.1, -0.05) is 12.1 Å². The summed E-state index contributed by atoms with van der Waals surface area (Å²) in [6, 6.07) is 12.2. The summed E-state index contributed by atoms with van der Waals surface area (Å²) in [5.74, 6) is -0.645. The van der Waals surface area contributed by atoms with Gasteiger partial charge in [-0.15, -0.1) is 0 Å². The summed E-state index contributed by atoms with van der Waals surface area (Å²) in [6.45, 7) is 3.35. The Bertz CT molecular complexity index is 803. The maximum absolute atomic E-state index is 11.9. The number of ether oxygens (including phenoxy) is 1. The number of para-hydroxylation sites is 2. The Morgan fingerprint density at radius 2 is 1.77 bits per heavy atom. The minimum absolute atomic E-state index is 0.0216. The lowest BCUT2D eigenvalue weighted by Crippen LogP contribution is -2.30. The summed E-state index contributed by atoms with van der Waals surface area (Å²) in [5, 5.41) is 16.3. The number of anilines is 1. The lowest BCUT2D eigenvalue weighted by Gasteiger charge is -2.10. The zero-order valence-electron chi connectivity index (χ0n) is 14.4. The number of rotatable bonds is 7. The van der Waals surface area contributed by atoms with Crippen molar-refractivity contribution in [1.82, 2.24) is 5.32 Å². The van der Waals surface area contributed by atoms with Crippen molar-refractivity contribution < 1.29 is 19.2 Å². The standard InChI is InChI=1S/C18H19N3O5/c1-12(2)19-18(23)13-7-9-14(10-8-13)20-17(22)11-26-16-6-4-3-5-15(16)21(24)25/h3-10,12H,11H2,1-2H3,(H,19,23)(H,20,22). The minimum Gasteiger partial charge on any atom is -0.477 e. The van der Waals surface area contributed by atoms with Gasteiger partial charge in [-0.25, -0.2) is 0 Å². The van der Waals surface area contributed by atoms with Crippen molar-refractivity contribution in [2.45, 2.75) is 19.9 Å². The lowest BCUT2D eigenvalue weighted by atomic mass is 10.2. The van der Waals surface area contributed by atoms with Crippen molar-refractivity contribution in [3.8, 4) is 5.75 Å². The van der Waals surface area contributed by atoms with Gasteiger partial charge in [-0.3, -0.25) is 19.7 Å². The van der Waals surface area contributed by atoms with Crippen LogP contribution in [0.5, 0.6) is 5.75 Å². The number of amides is 2. The molecule has 0 spiro atoms. The number of nitro groups is 1. The topological polar surface area (TPSA) is 111 Å². The highest BCUT2D eigenvalue weighted by atomic mass is 16.6. The molecule has 0 heterocycles. The van der Waals surface area contributed by atoms with Gasteiger partial charge in [0, 0.05) is 23.4 Å². The normalized spacial score (nSPS) is 10.3. The Hall–Kier alpha value is -3.42. The van der Waals surface area contributed by atoms with E-state index in [1.807, 2.05) is 13.8 Å². The Morgan fingerprint density at radius 3 is 2.38 bits per heavy atom. The van der Waals surface area contributed by atoms with Gasteiger partial charge in [0.2, 0.25) is 0 Å². The van der Waals surface area contributed by atoms with Gasteiger partial charge in [-0.2, -0.15) is 0 Å². The highest BCUT2D eigenvalue weighted by Crippen LogP contribution is 2.25. The molecule has 0 aliphatic carbocycles. The SMILES string of the molecule is CC(C)NC(=O)c1ccc(NC(=O)COc2ccccc2[N+](=O)[O-])cc1. The molecule has 0 aliphatic heterocycles. The van der Waals surface area contributed by atoms with Gasteiger partial charge in [0.25, 0.3) is 11.8 Å². The fourth-order valence-electron chi connectivity index (χ4n) is 2.12. The smallest absolute Gasteiger partial charge is 0.310 e. The molecule has 0 aliphatic rings. The Balaban J connectivity index is 1.92. The molecule has 0 bridgehead atoms. The predicted molar refractivity (Wildman–Crippen MR) is 96.3 cm³/mol. The first-order chi connectivity index (χ1) is 12.4. The number of carbonyl (C=O) groups is 2. The number of carbonyl (C=O) groups excluding carboxylic acids is 2. The van der Waals surface area contributed by atoms with Crippen molar-refractivity contribution in [3.63, 3.8) is 0 Å². The molecule has 2 N–H and O–H groups in total. The van der Waals surface area contributed by atoms with Crippen LogP contribution in [-0.2, 0) is 4.79 Å². The number of nitrogens with one attached hydrogen (secondary N) is 2. The molecule has 8 nitrogen and oxygen atoms in total. The number of hydrogen-bond acceptors (Lipinski definition) is 5. The first kappa shape index (κ1) is 18.9. The van der Waals surface area contributed by atoms with Crippen LogP contribution in [0.3, 0.4) is 0 Å². The first-order valence-corrected chi connectivity index (χ1v) is 7.94. The predicted octanol–water partition coefficient (Wildman–Crippen LogP) is 2.75. The van der Waals surface area contributed by atoms with E-state index in [0.717, 1.165) is 0 Å². The second kappa shape index (κ2) is 8.61. The van der Waals surface area contributed by atoms with E-state index in [1.54, 1.807) is 30.3 Å². The van der Waals surface area contributed by atoms with Gasteiger partial charge in [0.1, 0.15) is 0 Å². The van der Waals surface area contributed by atoms with Crippen LogP contribution in [0, 0.1) is 10.1 Å². The average molecular weight is 357 g/mol. The Morgan fingerprint density at radius 1 is 1.12 bits per heavy atom. The van der Waals surface area contributed by atoms with Crippen molar-refractivity contribution >= 4 is 23.2 Å². The van der Waals surface area contributed by atoms with Crippen molar-refractivity contribution in [3.05, 3.63) is 64.2 Å². The first-order valence-electron chi connectivity index (χ1n) is 7.94. The van der Waals surface area contributed by atoms with Crippen LogP contribution in [0.15, 0.2) is 48.5 Å². The molecule has 0 fully saturated rings. The number of hydrogen-bond donors (Lipinski definition) is 2. The molecule has 8 heteroatoms. The zero-order chi connectivity index (χ0) is 19.1. The summed E-state index contributed by atoms with van der Waals surface area (Å²) >= 11 is 0. The molecular formula is C18H19N3O5. The quantitative estimate of drug-likeness (QED) is 0.585. The van der Waals surface area contributed by atoms with E-state index in [-0.39, 0.29) is 30.0 Å². The van der Waals surface area contributed by atoms with Crippen molar-refractivity contribution in [2.24, 2.45) is 0 Å². The van der Waals surface area contributed by atoms with Crippen LogP contribution in [0.1, 0.15) is 24.2 Å². The maximum atomic E-state index is 11.9. The van der Waals surface area contributed by atoms with Gasteiger partial charge >= 0.3 is 5.69 Å². The maximum Gasteiger partial charge on any atom is 0.310 e. The highest BCUT2D eigenvalue weighted by Gasteiger charge is 2.15. The average Bonchev–Trinajstić information content (AvgIpc) is 2.60. The van der Waals surface area contributed by atoms with Gasteiger partial charge in [0.15, 0.2) is 12.4 Å².